The molecule has 3 rings (SSSR count). The summed E-state index contributed by atoms with van der Waals surface area (Å²) in [7, 11) is 0. The maximum absolute atomic E-state index is 14.5. The van der Waals surface area contributed by atoms with E-state index in [9.17, 15) is 14.4 Å². The van der Waals surface area contributed by atoms with Crippen molar-refractivity contribution in [3.05, 3.63) is 77.4 Å². The first-order valence-electron chi connectivity index (χ1n) is 14.3. The van der Waals surface area contributed by atoms with Gasteiger partial charge in [-0.25, -0.2) is 4.79 Å². The van der Waals surface area contributed by atoms with Crippen LogP contribution in [0, 0.1) is 13.8 Å². The van der Waals surface area contributed by atoms with Gasteiger partial charge in [-0.2, -0.15) is 11.8 Å². The molecule has 226 valence electrons. The zero-order chi connectivity index (χ0) is 31.2. The maximum Gasteiger partial charge on any atom is 0.408 e. The van der Waals surface area contributed by atoms with Gasteiger partial charge in [0.2, 0.25) is 5.91 Å². The molecule has 0 aromatic heterocycles. The van der Waals surface area contributed by atoms with Crippen molar-refractivity contribution in [3.8, 4) is 0 Å². The molecule has 8 heteroatoms. The summed E-state index contributed by atoms with van der Waals surface area (Å²) in [5.74, 6) is -0.0353. The lowest BCUT2D eigenvalue weighted by atomic mass is 9.91. The standard InChI is InChI=1S/C34H45N3O4S/c1-22-14-15-23(2)27(20-22)29(30(38)35-26-17-16-24-12-10-11-13-25(24)21-26)37(33(3,4)5)31(39)28(18-19-42-9)36-32(40)41-34(6,7)8/h10-17,20-21,28-29H,18-19H2,1-9H3,(H,35,38)(H,36,40). The van der Waals surface area contributed by atoms with E-state index in [1.54, 1.807) is 37.4 Å². The Bertz CT molecular complexity index is 1420. The van der Waals surface area contributed by atoms with Crippen molar-refractivity contribution in [1.29, 1.82) is 0 Å². The number of thioether (sulfide) groups is 1. The third-order valence-electron chi connectivity index (χ3n) is 6.81. The SMILES string of the molecule is CSCCC(NC(=O)OC(C)(C)C)C(=O)N(C(C(=O)Nc1ccc2ccccc2c1)c1cc(C)ccc1C)C(C)(C)C. The predicted octanol–water partition coefficient (Wildman–Crippen LogP) is 7.41. The van der Waals surface area contributed by atoms with Crippen LogP contribution in [-0.2, 0) is 14.3 Å². The molecule has 0 bridgehead atoms. The number of aryl methyl sites for hydroxylation is 2. The van der Waals surface area contributed by atoms with Gasteiger partial charge < -0.3 is 20.3 Å². The molecule has 2 atom stereocenters. The van der Waals surface area contributed by atoms with Crippen molar-refractivity contribution >= 4 is 46.1 Å². The highest BCUT2D eigenvalue weighted by Crippen LogP contribution is 2.34. The van der Waals surface area contributed by atoms with Gasteiger partial charge in [-0.1, -0.05) is 54.1 Å². The van der Waals surface area contributed by atoms with Crippen LogP contribution in [0.2, 0.25) is 0 Å². The van der Waals surface area contributed by atoms with Crippen LogP contribution in [0.5, 0.6) is 0 Å². The molecule has 42 heavy (non-hydrogen) atoms. The topological polar surface area (TPSA) is 87.7 Å². The fourth-order valence-corrected chi connectivity index (χ4v) is 5.36. The van der Waals surface area contributed by atoms with Gasteiger partial charge in [0.05, 0.1) is 0 Å². The monoisotopic (exact) mass is 591 g/mol. The number of alkyl carbamates (subject to hydrolysis) is 1. The third kappa shape index (κ3) is 8.74. The lowest BCUT2D eigenvalue weighted by Gasteiger charge is -2.43. The Morgan fingerprint density at radius 2 is 1.57 bits per heavy atom. The fourth-order valence-electron chi connectivity index (χ4n) is 4.89. The van der Waals surface area contributed by atoms with Crippen LogP contribution in [0.15, 0.2) is 60.7 Å². The van der Waals surface area contributed by atoms with Gasteiger partial charge in [-0.15, -0.1) is 0 Å². The van der Waals surface area contributed by atoms with Crippen LogP contribution in [0.4, 0.5) is 10.5 Å². The molecular formula is C34H45N3O4S. The molecule has 3 aromatic carbocycles. The van der Waals surface area contributed by atoms with Crippen LogP contribution < -0.4 is 10.6 Å². The van der Waals surface area contributed by atoms with Crippen molar-refractivity contribution < 1.29 is 19.1 Å². The maximum atomic E-state index is 14.5. The molecule has 0 saturated heterocycles. The van der Waals surface area contributed by atoms with E-state index in [1.807, 2.05) is 102 Å². The minimum Gasteiger partial charge on any atom is -0.444 e. The van der Waals surface area contributed by atoms with Gasteiger partial charge in [0.25, 0.3) is 5.91 Å². The van der Waals surface area contributed by atoms with E-state index in [0.717, 1.165) is 27.5 Å². The van der Waals surface area contributed by atoms with Crippen molar-refractivity contribution in [2.45, 2.75) is 85.0 Å². The summed E-state index contributed by atoms with van der Waals surface area (Å²) >= 11 is 1.58. The number of rotatable bonds is 9. The second-order valence-corrected chi connectivity index (χ2v) is 13.7. The second-order valence-electron chi connectivity index (χ2n) is 12.7. The number of nitrogens with one attached hydrogen (secondary N) is 2. The number of hydrogen-bond donors (Lipinski definition) is 2. The third-order valence-corrected chi connectivity index (χ3v) is 7.46. The number of amides is 3. The highest BCUT2D eigenvalue weighted by molar-refractivity contribution is 7.98. The molecule has 0 aliphatic carbocycles. The Labute approximate surface area is 254 Å². The first-order valence-corrected chi connectivity index (χ1v) is 15.7. The fraction of sp³-hybridized carbons (Fsp3) is 0.441. The van der Waals surface area contributed by atoms with Gasteiger partial charge >= 0.3 is 6.09 Å². The zero-order valence-corrected chi connectivity index (χ0v) is 27.1. The summed E-state index contributed by atoms with van der Waals surface area (Å²) in [5, 5.41) is 7.96. The van der Waals surface area contributed by atoms with Gasteiger partial charge in [-0.3, -0.25) is 9.59 Å². The van der Waals surface area contributed by atoms with E-state index >= 15 is 0 Å². The van der Waals surface area contributed by atoms with E-state index in [4.69, 9.17) is 4.74 Å². The smallest absolute Gasteiger partial charge is 0.408 e. The highest BCUT2D eigenvalue weighted by atomic mass is 32.2. The summed E-state index contributed by atoms with van der Waals surface area (Å²) in [6, 6.07) is 17.8. The summed E-state index contributed by atoms with van der Waals surface area (Å²) < 4.78 is 5.50. The largest absolute Gasteiger partial charge is 0.444 e. The second kappa shape index (κ2) is 13.6. The zero-order valence-electron chi connectivity index (χ0n) is 26.3. The number of ether oxygens (including phenoxy) is 1. The van der Waals surface area contributed by atoms with E-state index in [-0.39, 0.29) is 11.8 Å². The average molecular weight is 592 g/mol. The minimum atomic E-state index is -0.957. The number of fused-ring (bicyclic) bond motifs is 1. The van der Waals surface area contributed by atoms with E-state index in [2.05, 4.69) is 10.6 Å². The molecule has 0 saturated carbocycles. The van der Waals surface area contributed by atoms with Crippen molar-refractivity contribution in [2.24, 2.45) is 0 Å². The van der Waals surface area contributed by atoms with Gasteiger partial charge in [0, 0.05) is 11.2 Å². The van der Waals surface area contributed by atoms with Crippen molar-refractivity contribution in [2.75, 3.05) is 17.3 Å². The first kappa shape index (κ1) is 33.0. The molecule has 0 fully saturated rings. The Morgan fingerprint density at radius 3 is 2.19 bits per heavy atom. The van der Waals surface area contributed by atoms with Gasteiger partial charge in [0.1, 0.15) is 17.7 Å². The minimum absolute atomic E-state index is 0.330. The van der Waals surface area contributed by atoms with Crippen molar-refractivity contribution in [1.82, 2.24) is 10.2 Å². The number of anilines is 1. The summed E-state index contributed by atoms with van der Waals surface area (Å²) in [6.07, 6.45) is 1.67. The molecule has 0 radical (unpaired) electrons. The van der Waals surface area contributed by atoms with Crippen LogP contribution in [0.25, 0.3) is 10.8 Å². The van der Waals surface area contributed by atoms with E-state index < -0.39 is 29.3 Å². The number of carbonyl (C=O) groups is 3. The number of nitrogens with zero attached hydrogens (tertiary/aromatic N) is 1. The summed E-state index contributed by atoms with van der Waals surface area (Å²) in [6.45, 7) is 15.0. The molecular weight excluding hydrogens is 546 g/mol. The van der Waals surface area contributed by atoms with Crippen LogP contribution in [0.1, 0.15) is 70.7 Å². The van der Waals surface area contributed by atoms with E-state index in [1.165, 1.54) is 0 Å². The number of hydrogen-bond acceptors (Lipinski definition) is 5. The van der Waals surface area contributed by atoms with Gasteiger partial charge in [0.15, 0.2) is 0 Å². The highest BCUT2D eigenvalue weighted by Gasteiger charge is 2.42. The van der Waals surface area contributed by atoms with Gasteiger partial charge in [-0.05, 0) is 108 Å². The Kier molecular flexibility index (Phi) is 10.7. The lowest BCUT2D eigenvalue weighted by molar-refractivity contribution is -0.146. The van der Waals surface area contributed by atoms with Crippen LogP contribution >= 0.6 is 11.8 Å². The normalized spacial score (nSPS) is 13.3. The summed E-state index contributed by atoms with van der Waals surface area (Å²) in [5.41, 5.74) is 1.75. The van der Waals surface area contributed by atoms with Crippen molar-refractivity contribution in [3.63, 3.8) is 0 Å². The predicted molar refractivity (Wildman–Crippen MR) is 174 cm³/mol. The Balaban J connectivity index is 2.10. The Morgan fingerprint density at radius 1 is 0.905 bits per heavy atom. The molecule has 0 aliphatic rings. The molecule has 2 unspecified atom stereocenters. The summed E-state index contributed by atoms with van der Waals surface area (Å²) in [4.78, 5) is 43.3. The lowest BCUT2D eigenvalue weighted by Crippen LogP contribution is -2.58. The molecule has 0 heterocycles. The Hall–Kier alpha value is -3.52. The van der Waals surface area contributed by atoms with Crippen LogP contribution in [0.3, 0.4) is 0 Å². The van der Waals surface area contributed by atoms with Crippen LogP contribution in [-0.4, -0.2) is 52.0 Å². The average Bonchev–Trinajstić information content (AvgIpc) is 2.89. The number of benzene rings is 3. The molecule has 0 aliphatic heterocycles. The quantitative estimate of drug-likeness (QED) is 0.271. The molecule has 0 spiro atoms. The van der Waals surface area contributed by atoms with E-state index in [0.29, 0.717) is 17.9 Å². The number of carbonyl (C=O) groups excluding carboxylic acids is 3. The first-order chi connectivity index (χ1) is 19.6. The molecule has 3 aromatic rings. The molecule has 7 nitrogen and oxygen atoms in total. The molecule has 3 amide bonds. The molecule has 2 N–H and O–H groups in total.